The van der Waals surface area contributed by atoms with Crippen LogP contribution in [0.4, 0.5) is 0 Å². The molecule has 0 amide bonds. The minimum atomic E-state index is -1.00. The summed E-state index contributed by atoms with van der Waals surface area (Å²) in [5, 5.41) is 33.9. The van der Waals surface area contributed by atoms with Gasteiger partial charge in [-0.25, -0.2) is 0 Å². The maximum Gasteiger partial charge on any atom is 0.323 e. The Kier molecular flexibility index (Phi) is 17.1. The zero-order chi connectivity index (χ0) is 38.2. The number of esters is 1. The number of benzene rings is 2. The van der Waals surface area contributed by atoms with E-state index in [1.54, 1.807) is 20.8 Å². The van der Waals surface area contributed by atoms with Crippen molar-refractivity contribution in [2.45, 2.75) is 109 Å². The summed E-state index contributed by atoms with van der Waals surface area (Å²) in [7, 11) is 0. The Hall–Kier alpha value is -4.42. The average molecular weight is 723 g/mol. The van der Waals surface area contributed by atoms with Crippen molar-refractivity contribution in [3.63, 3.8) is 0 Å². The summed E-state index contributed by atoms with van der Waals surface area (Å²) in [6, 6.07) is 16.7. The summed E-state index contributed by atoms with van der Waals surface area (Å²) < 4.78 is 5.15. The predicted molar refractivity (Wildman–Crippen MR) is 194 cm³/mol. The van der Waals surface area contributed by atoms with Crippen LogP contribution in [0.1, 0.15) is 83.3 Å². The van der Waals surface area contributed by atoms with Gasteiger partial charge in [0.1, 0.15) is 12.1 Å². The van der Waals surface area contributed by atoms with Gasteiger partial charge in [0.05, 0.1) is 30.5 Å². The summed E-state index contributed by atoms with van der Waals surface area (Å²) in [4.78, 5) is 71.8. The van der Waals surface area contributed by atoms with Crippen LogP contribution in [0.25, 0.3) is 0 Å². The monoisotopic (exact) mass is 722 g/mol. The number of carboxylic acids is 3. The highest BCUT2D eigenvalue weighted by Gasteiger charge is 2.41. The van der Waals surface area contributed by atoms with E-state index in [9.17, 15) is 44.1 Å². The van der Waals surface area contributed by atoms with E-state index >= 15 is 0 Å². The molecule has 0 saturated heterocycles. The lowest BCUT2D eigenvalue weighted by Crippen LogP contribution is -2.49. The van der Waals surface area contributed by atoms with Crippen LogP contribution in [0.2, 0.25) is 0 Å². The van der Waals surface area contributed by atoms with Crippen LogP contribution in [0, 0.1) is 23.7 Å². The highest BCUT2D eigenvalue weighted by Crippen LogP contribution is 2.34. The molecule has 0 bridgehead atoms. The van der Waals surface area contributed by atoms with Crippen LogP contribution < -0.4 is 10.6 Å². The van der Waals surface area contributed by atoms with E-state index in [0.29, 0.717) is 51.4 Å². The number of aryl methyl sites for hydroxylation is 2. The Labute approximate surface area is 305 Å². The van der Waals surface area contributed by atoms with E-state index in [-0.39, 0.29) is 24.1 Å². The van der Waals surface area contributed by atoms with Crippen molar-refractivity contribution < 1.29 is 48.8 Å². The smallest absolute Gasteiger partial charge is 0.323 e. The fourth-order valence-corrected chi connectivity index (χ4v) is 7.30. The second kappa shape index (κ2) is 21.2. The second-order valence-electron chi connectivity index (χ2n) is 13.8. The fraction of sp³-hybridized carbons (Fsp3) is 0.550. The lowest BCUT2D eigenvalue weighted by molar-refractivity contribution is -0.148. The molecule has 12 nitrogen and oxygen atoms in total. The first kappa shape index (κ1) is 42.0. The SMILES string of the molecule is CCOC(=O)[C@H](CCc1ccccc1)N[C@@H](C)C(=O)C1CCC[C@H]1C(=O)O.C[C@H](N[C@@H](CCc1ccccc1)C(=O)O)C(=O)C1CCC[C@H]1C(=O)O. The molecule has 12 heteroatoms. The van der Waals surface area contributed by atoms with Crippen molar-refractivity contribution >= 4 is 35.4 Å². The Morgan fingerprint density at radius 1 is 0.635 bits per heavy atom. The molecule has 284 valence electrons. The molecule has 2 saturated carbocycles. The molecule has 0 aliphatic heterocycles. The minimum Gasteiger partial charge on any atom is -0.481 e. The fourth-order valence-electron chi connectivity index (χ4n) is 7.30. The molecular formula is C40H54N2O10. The molecule has 0 radical (unpaired) electrons. The topological polar surface area (TPSA) is 196 Å². The van der Waals surface area contributed by atoms with Gasteiger partial charge >= 0.3 is 23.9 Å². The second-order valence-corrected chi connectivity index (χ2v) is 13.8. The molecule has 2 aliphatic carbocycles. The molecule has 5 N–H and O–H groups in total. The third kappa shape index (κ3) is 12.7. The number of nitrogens with one attached hydrogen (secondary N) is 2. The van der Waals surface area contributed by atoms with Crippen molar-refractivity contribution in [1.82, 2.24) is 10.6 Å². The average Bonchev–Trinajstić information content (AvgIpc) is 3.83. The number of carbonyl (C=O) groups excluding carboxylic acids is 3. The van der Waals surface area contributed by atoms with Crippen molar-refractivity contribution in [2.75, 3.05) is 6.61 Å². The number of carboxylic acid groups (broad SMARTS) is 3. The first-order chi connectivity index (χ1) is 24.8. The number of Topliss-reactive ketones (excluding diaryl/α,β-unsaturated/α-hetero) is 2. The zero-order valence-corrected chi connectivity index (χ0v) is 30.4. The molecule has 2 aromatic carbocycles. The van der Waals surface area contributed by atoms with Gasteiger partial charge in [0.2, 0.25) is 0 Å². The van der Waals surface area contributed by atoms with E-state index in [2.05, 4.69) is 10.6 Å². The van der Waals surface area contributed by atoms with E-state index in [1.165, 1.54) is 0 Å². The van der Waals surface area contributed by atoms with Crippen molar-refractivity contribution in [3.8, 4) is 0 Å². The maximum atomic E-state index is 12.8. The predicted octanol–water partition coefficient (Wildman–Crippen LogP) is 4.72. The van der Waals surface area contributed by atoms with Crippen LogP contribution in [0.15, 0.2) is 60.7 Å². The van der Waals surface area contributed by atoms with Crippen LogP contribution in [0.3, 0.4) is 0 Å². The number of ketones is 2. The van der Waals surface area contributed by atoms with Crippen molar-refractivity contribution in [1.29, 1.82) is 0 Å². The summed E-state index contributed by atoms with van der Waals surface area (Å²) in [5.41, 5.74) is 2.14. The van der Waals surface area contributed by atoms with Crippen LogP contribution in [0.5, 0.6) is 0 Å². The minimum absolute atomic E-state index is 0.131. The molecule has 0 heterocycles. The van der Waals surface area contributed by atoms with Gasteiger partial charge in [0.15, 0.2) is 11.6 Å². The Bertz CT molecular complexity index is 1480. The van der Waals surface area contributed by atoms with E-state index in [0.717, 1.165) is 24.0 Å². The lowest BCUT2D eigenvalue weighted by atomic mass is 9.88. The van der Waals surface area contributed by atoms with Crippen LogP contribution in [-0.2, 0) is 46.3 Å². The highest BCUT2D eigenvalue weighted by molar-refractivity contribution is 5.91. The van der Waals surface area contributed by atoms with E-state index in [4.69, 9.17) is 4.74 Å². The highest BCUT2D eigenvalue weighted by atomic mass is 16.5. The van der Waals surface area contributed by atoms with Gasteiger partial charge in [-0.3, -0.25) is 39.4 Å². The first-order valence-electron chi connectivity index (χ1n) is 18.4. The number of rotatable bonds is 19. The summed E-state index contributed by atoms with van der Waals surface area (Å²) in [5.74, 6) is -5.84. The Morgan fingerprint density at radius 2 is 1.02 bits per heavy atom. The number of hydrogen-bond donors (Lipinski definition) is 5. The molecule has 52 heavy (non-hydrogen) atoms. The first-order valence-corrected chi connectivity index (χ1v) is 18.4. The zero-order valence-electron chi connectivity index (χ0n) is 30.4. The summed E-state index contributed by atoms with van der Waals surface area (Å²) in [6.07, 6.45) is 5.80. The largest absolute Gasteiger partial charge is 0.481 e. The molecule has 4 rings (SSSR count). The van der Waals surface area contributed by atoms with Gasteiger partial charge in [0, 0.05) is 11.8 Å². The van der Waals surface area contributed by atoms with E-state index < -0.39 is 65.7 Å². The van der Waals surface area contributed by atoms with Gasteiger partial charge < -0.3 is 20.1 Å². The third-order valence-corrected chi connectivity index (χ3v) is 10.2. The van der Waals surface area contributed by atoms with E-state index in [1.807, 2.05) is 60.7 Å². The van der Waals surface area contributed by atoms with Gasteiger partial charge in [-0.15, -0.1) is 0 Å². The normalized spacial score (nSPS) is 21.8. The summed E-state index contributed by atoms with van der Waals surface area (Å²) in [6.45, 7) is 5.34. The van der Waals surface area contributed by atoms with Gasteiger partial charge in [-0.2, -0.15) is 0 Å². The van der Waals surface area contributed by atoms with Crippen molar-refractivity contribution in [3.05, 3.63) is 71.8 Å². The molecular weight excluding hydrogens is 668 g/mol. The summed E-state index contributed by atoms with van der Waals surface area (Å²) >= 11 is 0. The number of ether oxygens (including phenoxy) is 1. The van der Waals surface area contributed by atoms with Gasteiger partial charge in [-0.05, 0) is 83.3 Å². The molecule has 2 aromatic rings. The Balaban J connectivity index is 0.000000281. The van der Waals surface area contributed by atoms with Crippen molar-refractivity contribution in [2.24, 2.45) is 23.7 Å². The molecule has 8 atom stereocenters. The molecule has 0 aromatic heterocycles. The molecule has 2 fully saturated rings. The standard InChI is InChI=1S/C21H29NO5.C19H25NO5/c1-3-27-21(26)18(13-12-15-8-5-4-6-9-15)22-14(2)19(23)16-10-7-11-17(16)20(24)25;1-12(17(21)14-8-5-9-15(14)18(22)23)20-16(19(24)25)11-10-13-6-3-2-4-7-13/h4-6,8-9,14,16-18,22H,3,7,10-13H2,1-2H3,(H,24,25);2-4,6-7,12,14-16,20H,5,8-11H2,1H3,(H,22,23)(H,24,25)/t14-,16?,17+,18-;12-,14?,15+,16-/m00/s1. The van der Waals surface area contributed by atoms with Crippen LogP contribution >= 0.6 is 0 Å². The number of hydrogen-bond acceptors (Lipinski definition) is 9. The maximum absolute atomic E-state index is 12.8. The Morgan fingerprint density at radius 3 is 1.40 bits per heavy atom. The molecule has 0 spiro atoms. The molecule has 2 aliphatic rings. The van der Waals surface area contributed by atoms with Crippen LogP contribution in [-0.4, -0.2) is 81.5 Å². The lowest BCUT2D eigenvalue weighted by Gasteiger charge is -2.24. The quantitative estimate of drug-likeness (QED) is 0.125. The van der Waals surface area contributed by atoms with Gasteiger partial charge in [0.25, 0.3) is 0 Å². The number of aliphatic carboxylic acids is 3. The number of carbonyl (C=O) groups is 6. The third-order valence-electron chi connectivity index (χ3n) is 10.2. The molecule has 2 unspecified atom stereocenters. The van der Waals surface area contributed by atoms with Gasteiger partial charge in [-0.1, -0.05) is 73.5 Å².